The van der Waals surface area contributed by atoms with Crippen molar-refractivity contribution in [1.82, 2.24) is 19.8 Å². The van der Waals surface area contributed by atoms with Gasteiger partial charge in [0.05, 0.1) is 18.6 Å². The SMILES string of the molecule is C/C=C\c1ccc2n(c1=O)C[C@@H]1[C@@H](CO)[C@H](C(=O)NCC)N(Cc3nccs3)[C@H]21. The van der Waals surface area contributed by atoms with Crippen LogP contribution in [0.1, 0.15) is 36.2 Å². The lowest BCUT2D eigenvalue weighted by Crippen LogP contribution is -2.48. The lowest BCUT2D eigenvalue weighted by Gasteiger charge is -2.30. The molecular formula is C21H26N4O3S. The summed E-state index contributed by atoms with van der Waals surface area (Å²) in [4.78, 5) is 32.4. The van der Waals surface area contributed by atoms with E-state index in [2.05, 4.69) is 15.2 Å². The van der Waals surface area contributed by atoms with Crippen molar-refractivity contribution < 1.29 is 9.90 Å². The second kappa shape index (κ2) is 8.22. The molecule has 2 aliphatic heterocycles. The summed E-state index contributed by atoms with van der Waals surface area (Å²) < 4.78 is 1.82. The maximum atomic E-state index is 13.0. The molecule has 1 amide bonds. The van der Waals surface area contributed by atoms with E-state index in [0.29, 0.717) is 25.2 Å². The van der Waals surface area contributed by atoms with Gasteiger partial charge in [-0.2, -0.15) is 0 Å². The Morgan fingerprint density at radius 1 is 1.45 bits per heavy atom. The average molecular weight is 415 g/mol. The fraction of sp³-hybridized carbons (Fsp3) is 0.476. The van der Waals surface area contributed by atoms with E-state index in [9.17, 15) is 14.7 Å². The van der Waals surface area contributed by atoms with Crippen molar-refractivity contribution in [3.8, 4) is 0 Å². The van der Waals surface area contributed by atoms with E-state index in [-0.39, 0.29) is 36.0 Å². The molecule has 0 bridgehead atoms. The van der Waals surface area contributed by atoms with Crippen LogP contribution in [0.2, 0.25) is 0 Å². The van der Waals surface area contributed by atoms with Gasteiger partial charge in [0.2, 0.25) is 5.91 Å². The first kappa shape index (κ1) is 20.0. The lowest BCUT2D eigenvalue weighted by atomic mass is 9.88. The summed E-state index contributed by atoms with van der Waals surface area (Å²) >= 11 is 1.55. The van der Waals surface area contributed by atoms with E-state index in [1.165, 1.54) is 0 Å². The number of aromatic nitrogens is 2. The van der Waals surface area contributed by atoms with Gasteiger partial charge >= 0.3 is 0 Å². The highest BCUT2D eigenvalue weighted by Gasteiger charge is 2.55. The average Bonchev–Trinajstić information content (AvgIpc) is 3.40. The number of aliphatic hydroxyl groups excluding tert-OH is 1. The molecule has 0 spiro atoms. The molecule has 29 heavy (non-hydrogen) atoms. The van der Waals surface area contributed by atoms with E-state index in [0.717, 1.165) is 10.7 Å². The molecule has 2 N–H and O–H groups in total. The minimum absolute atomic E-state index is 0.00104. The number of amides is 1. The number of nitrogens with one attached hydrogen (secondary N) is 1. The van der Waals surface area contributed by atoms with Crippen LogP contribution in [0, 0.1) is 11.8 Å². The molecule has 8 heteroatoms. The predicted octanol–water partition coefficient (Wildman–Crippen LogP) is 1.64. The van der Waals surface area contributed by atoms with Crippen LogP contribution < -0.4 is 10.9 Å². The number of fused-ring (bicyclic) bond motifs is 3. The summed E-state index contributed by atoms with van der Waals surface area (Å²) in [6.45, 7) is 5.26. The van der Waals surface area contributed by atoms with Crippen molar-refractivity contribution in [2.24, 2.45) is 11.8 Å². The minimum atomic E-state index is -0.446. The number of allylic oxidation sites excluding steroid dienone is 1. The van der Waals surface area contributed by atoms with E-state index in [4.69, 9.17) is 0 Å². The molecule has 2 aliphatic rings. The topological polar surface area (TPSA) is 87.5 Å². The largest absolute Gasteiger partial charge is 0.396 e. The molecule has 0 unspecified atom stereocenters. The smallest absolute Gasteiger partial charge is 0.258 e. The van der Waals surface area contributed by atoms with Gasteiger partial charge in [0.1, 0.15) is 5.01 Å². The quantitative estimate of drug-likeness (QED) is 0.750. The van der Waals surface area contributed by atoms with Crippen molar-refractivity contribution in [3.05, 3.63) is 56.4 Å². The molecule has 1 saturated heterocycles. The van der Waals surface area contributed by atoms with Crippen LogP contribution in [0.3, 0.4) is 0 Å². The Balaban J connectivity index is 1.79. The van der Waals surface area contributed by atoms with Crippen molar-refractivity contribution >= 4 is 23.3 Å². The molecule has 2 aromatic heterocycles. The highest BCUT2D eigenvalue weighted by Crippen LogP contribution is 2.49. The highest BCUT2D eigenvalue weighted by molar-refractivity contribution is 7.09. The highest BCUT2D eigenvalue weighted by atomic mass is 32.1. The number of likely N-dealkylation sites (tertiary alicyclic amines) is 1. The maximum absolute atomic E-state index is 13.0. The van der Waals surface area contributed by atoms with Crippen LogP contribution in [-0.4, -0.2) is 44.7 Å². The minimum Gasteiger partial charge on any atom is -0.396 e. The van der Waals surface area contributed by atoms with Crippen LogP contribution in [0.15, 0.2) is 34.6 Å². The number of hydrogen-bond donors (Lipinski definition) is 2. The summed E-state index contributed by atoms with van der Waals surface area (Å²) in [5.41, 5.74) is 1.55. The summed E-state index contributed by atoms with van der Waals surface area (Å²) in [6.07, 6.45) is 5.43. The fourth-order valence-electron chi connectivity index (χ4n) is 4.87. The molecule has 1 fully saturated rings. The van der Waals surface area contributed by atoms with Gasteiger partial charge in [0.25, 0.3) is 5.56 Å². The first-order valence-corrected chi connectivity index (χ1v) is 10.9. The Morgan fingerprint density at radius 3 is 2.93 bits per heavy atom. The lowest BCUT2D eigenvalue weighted by molar-refractivity contribution is -0.127. The Bertz CT molecular complexity index is 969. The number of nitrogens with zero attached hydrogens (tertiary/aromatic N) is 3. The first-order valence-electron chi connectivity index (χ1n) is 9.99. The van der Waals surface area contributed by atoms with Crippen molar-refractivity contribution in [3.63, 3.8) is 0 Å². The van der Waals surface area contributed by atoms with Crippen molar-refractivity contribution in [2.45, 2.75) is 39.0 Å². The number of rotatable bonds is 6. The molecule has 4 rings (SSSR count). The van der Waals surface area contributed by atoms with Gasteiger partial charge in [-0.05, 0) is 26.0 Å². The van der Waals surface area contributed by atoms with Gasteiger partial charge in [0, 0.05) is 54.4 Å². The van der Waals surface area contributed by atoms with E-state index < -0.39 is 6.04 Å². The molecule has 2 aromatic rings. The number of aliphatic hydroxyl groups is 1. The van der Waals surface area contributed by atoms with Crippen molar-refractivity contribution in [2.75, 3.05) is 13.2 Å². The van der Waals surface area contributed by atoms with E-state index in [1.54, 1.807) is 17.5 Å². The summed E-state index contributed by atoms with van der Waals surface area (Å²) in [5.74, 6) is -0.311. The van der Waals surface area contributed by atoms with Gasteiger partial charge in [-0.25, -0.2) is 4.98 Å². The van der Waals surface area contributed by atoms with Gasteiger partial charge in [-0.1, -0.05) is 12.2 Å². The Kier molecular flexibility index (Phi) is 5.67. The number of thiazole rings is 1. The molecule has 154 valence electrons. The monoisotopic (exact) mass is 414 g/mol. The normalized spacial score (nSPS) is 26.0. The summed E-state index contributed by atoms with van der Waals surface area (Å²) in [7, 11) is 0. The molecule has 0 radical (unpaired) electrons. The summed E-state index contributed by atoms with van der Waals surface area (Å²) in [5, 5.41) is 16.0. The molecule has 0 aliphatic carbocycles. The van der Waals surface area contributed by atoms with Gasteiger partial charge in [0.15, 0.2) is 0 Å². The van der Waals surface area contributed by atoms with Gasteiger partial charge < -0.3 is 15.0 Å². The van der Waals surface area contributed by atoms with Crippen LogP contribution in [0.25, 0.3) is 6.08 Å². The van der Waals surface area contributed by atoms with Crippen molar-refractivity contribution in [1.29, 1.82) is 0 Å². The third-order valence-electron chi connectivity index (χ3n) is 5.99. The number of pyridine rings is 1. The molecule has 4 atom stereocenters. The molecule has 7 nitrogen and oxygen atoms in total. The zero-order valence-electron chi connectivity index (χ0n) is 16.6. The third kappa shape index (κ3) is 3.35. The zero-order valence-corrected chi connectivity index (χ0v) is 17.4. The van der Waals surface area contributed by atoms with Crippen LogP contribution >= 0.6 is 11.3 Å². The zero-order chi connectivity index (χ0) is 20.5. The molecule has 4 heterocycles. The number of hydrogen-bond acceptors (Lipinski definition) is 6. The Hall–Kier alpha value is -2.29. The number of likely N-dealkylation sites (N-methyl/N-ethyl adjacent to an activating group) is 1. The van der Waals surface area contributed by atoms with Crippen LogP contribution in [-0.2, 0) is 17.9 Å². The number of carbonyl (C=O) groups is 1. The summed E-state index contributed by atoms with van der Waals surface area (Å²) in [6, 6.07) is 3.30. The number of carbonyl (C=O) groups excluding carboxylic acids is 1. The maximum Gasteiger partial charge on any atom is 0.258 e. The second-order valence-electron chi connectivity index (χ2n) is 7.52. The second-order valence-corrected chi connectivity index (χ2v) is 8.50. The molecule has 0 aromatic carbocycles. The van der Waals surface area contributed by atoms with E-state index in [1.807, 2.05) is 48.1 Å². The van der Waals surface area contributed by atoms with Gasteiger partial charge in [-0.15, -0.1) is 11.3 Å². The van der Waals surface area contributed by atoms with Crippen LogP contribution in [0.5, 0.6) is 0 Å². The fourth-order valence-corrected chi connectivity index (χ4v) is 5.50. The Labute approximate surface area is 173 Å². The van der Waals surface area contributed by atoms with Crippen LogP contribution in [0.4, 0.5) is 0 Å². The predicted molar refractivity (Wildman–Crippen MR) is 112 cm³/mol. The van der Waals surface area contributed by atoms with E-state index >= 15 is 0 Å². The Morgan fingerprint density at radius 2 is 2.28 bits per heavy atom. The van der Waals surface area contributed by atoms with Gasteiger partial charge in [-0.3, -0.25) is 14.5 Å². The molecule has 0 saturated carbocycles. The molecular weight excluding hydrogens is 388 g/mol. The first-order chi connectivity index (χ1) is 14.1. The standard InChI is InChI=1S/C21H26N4O3S/c1-3-5-13-6-7-16-18-14(10-24(16)21(13)28)15(12-26)19(20(27)22-4-2)25(18)11-17-23-8-9-29-17/h3,5-9,14-15,18-19,26H,4,10-12H2,1-2H3,(H,22,27)/b5-3-/t14-,15-,18+,19-/m1/s1. The third-order valence-corrected chi connectivity index (χ3v) is 6.75.